The molecule has 5 heteroatoms. The second-order valence-electron chi connectivity index (χ2n) is 9.25. The largest absolute Gasteiger partial charge is 0.371 e. The van der Waals surface area contributed by atoms with Gasteiger partial charge >= 0.3 is 0 Å². The molecule has 0 saturated carbocycles. The lowest BCUT2D eigenvalue weighted by Gasteiger charge is -2.31. The van der Waals surface area contributed by atoms with E-state index >= 15 is 0 Å². The van der Waals surface area contributed by atoms with E-state index in [1.165, 1.54) is 6.42 Å². The number of hydrogen-bond donors (Lipinski definition) is 2. The van der Waals surface area contributed by atoms with Gasteiger partial charge in [0.2, 0.25) is 5.91 Å². The highest BCUT2D eigenvalue weighted by molar-refractivity contribution is 6.03. The molecule has 4 rings (SSSR count). The topological polar surface area (TPSA) is 61.4 Å². The third kappa shape index (κ3) is 6.10. The number of nitrogens with one attached hydrogen (secondary N) is 2. The van der Waals surface area contributed by atoms with Crippen molar-refractivity contribution in [2.24, 2.45) is 0 Å². The second kappa shape index (κ2) is 11.7. The summed E-state index contributed by atoms with van der Waals surface area (Å²) < 4.78 is 0. The minimum absolute atomic E-state index is 0.0616. The minimum atomic E-state index is -0.242. The van der Waals surface area contributed by atoms with Gasteiger partial charge in [-0.3, -0.25) is 9.59 Å². The van der Waals surface area contributed by atoms with Crippen molar-refractivity contribution in [2.75, 3.05) is 23.3 Å². The zero-order valence-electron chi connectivity index (χ0n) is 20.7. The molecular formula is C30H35N3O2. The molecule has 1 fully saturated rings. The summed E-state index contributed by atoms with van der Waals surface area (Å²) in [4.78, 5) is 28.9. The lowest BCUT2D eigenvalue weighted by atomic mass is 9.95. The average molecular weight is 470 g/mol. The predicted molar refractivity (Wildman–Crippen MR) is 143 cm³/mol. The molecule has 1 aliphatic rings. The Morgan fingerprint density at radius 3 is 2.11 bits per heavy atom. The first kappa shape index (κ1) is 24.5. The molecule has 0 spiro atoms. The molecule has 0 aliphatic carbocycles. The summed E-state index contributed by atoms with van der Waals surface area (Å²) in [5.41, 5.74) is 4.21. The molecule has 1 heterocycles. The molecule has 5 nitrogen and oxygen atoms in total. The number of carbonyl (C=O) groups excluding carboxylic acids is 2. The van der Waals surface area contributed by atoms with E-state index in [1.54, 1.807) is 0 Å². The van der Waals surface area contributed by atoms with Crippen LogP contribution in [0.1, 0.15) is 73.0 Å². The van der Waals surface area contributed by atoms with E-state index in [0.29, 0.717) is 17.7 Å². The summed E-state index contributed by atoms with van der Waals surface area (Å²) in [6.45, 7) is 5.88. The van der Waals surface area contributed by atoms with Crippen LogP contribution in [-0.4, -0.2) is 24.9 Å². The standard InChI is InChI=1S/C30H35N3O2/c1-3-26(24-15-9-5-10-16-24)29(34)32-25-17-18-28(33-19-11-6-12-20-33)27(21-25)30(35)31-22(2)23-13-7-4-8-14-23/h4-5,7-10,13-18,21-22,26H,3,6,11-12,19-20H2,1-2H3,(H,31,35)(H,32,34). The van der Waals surface area contributed by atoms with Gasteiger partial charge in [0.25, 0.3) is 5.91 Å². The van der Waals surface area contributed by atoms with Crippen molar-refractivity contribution in [2.45, 2.75) is 51.5 Å². The molecule has 0 bridgehead atoms. The van der Waals surface area contributed by atoms with Gasteiger partial charge in [-0.05, 0) is 61.9 Å². The minimum Gasteiger partial charge on any atom is -0.371 e. The Bertz CT molecular complexity index is 1120. The molecular weight excluding hydrogens is 434 g/mol. The van der Waals surface area contributed by atoms with E-state index in [2.05, 4.69) is 15.5 Å². The highest BCUT2D eigenvalue weighted by Gasteiger charge is 2.23. The van der Waals surface area contributed by atoms with Gasteiger partial charge in [-0.15, -0.1) is 0 Å². The number of anilines is 2. The number of benzene rings is 3. The van der Waals surface area contributed by atoms with Crippen LogP contribution in [0.3, 0.4) is 0 Å². The predicted octanol–water partition coefficient (Wildman–Crippen LogP) is 6.30. The summed E-state index contributed by atoms with van der Waals surface area (Å²) >= 11 is 0. The Morgan fingerprint density at radius 1 is 0.857 bits per heavy atom. The monoisotopic (exact) mass is 469 g/mol. The maximum Gasteiger partial charge on any atom is 0.253 e. The van der Waals surface area contributed by atoms with Crippen LogP contribution in [0.15, 0.2) is 78.9 Å². The Kier molecular flexibility index (Phi) is 8.19. The molecule has 2 unspecified atom stereocenters. The Morgan fingerprint density at radius 2 is 1.49 bits per heavy atom. The Hall–Kier alpha value is -3.60. The fourth-order valence-electron chi connectivity index (χ4n) is 4.79. The molecule has 182 valence electrons. The van der Waals surface area contributed by atoms with Crippen molar-refractivity contribution in [3.8, 4) is 0 Å². The van der Waals surface area contributed by atoms with E-state index in [0.717, 1.165) is 42.7 Å². The van der Waals surface area contributed by atoms with Crippen LogP contribution in [0.2, 0.25) is 0 Å². The molecule has 3 aromatic rings. The lowest BCUT2D eigenvalue weighted by molar-refractivity contribution is -0.117. The van der Waals surface area contributed by atoms with Crippen LogP contribution in [0.25, 0.3) is 0 Å². The summed E-state index contributed by atoms with van der Waals surface area (Å²) in [7, 11) is 0. The molecule has 35 heavy (non-hydrogen) atoms. The third-order valence-corrected chi connectivity index (χ3v) is 6.78. The van der Waals surface area contributed by atoms with Crippen LogP contribution >= 0.6 is 0 Å². The number of carbonyl (C=O) groups is 2. The first-order valence-electron chi connectivity index (χ1n) is 12.7. The molecule has 2 atom stereocenters. The van der Waals surface area contributed by atoms with Crippen molar-refractivity contribution in [1.82, 2.24) is 5.32 Å². The summed E-state index contributed by atoms with van der Waals surface area (Å²) in [6.07, 6.45) is 4.16. The van der Waals surface area contributed by atoms with Crippen molar-refractivity contribution in [1.29, 1.82) is 0 Å². The van der Waals surface area contributed by atoms with Crippen molar-refractivity contribution in [3.63, 3.8) is 0 Å². The quantitative estimate of drug-likeness (QED) is 0.407. The van der Waals surface area contributed by atoms with Crippen LogP contribution in [0.5, 0.6) is 0 Å². The molecule has 1 saturated heterocycles. The molecule has 2 N–H and O–H groups in total. The summed E-state index contributed by atoms with van der Waals surface area (Å²) in [5.74, 6) is -0.435. The van der Waals surface area contributed by atoms with E-state index < -0.39 is 0 Å². The van der Waals surface area contributed by atoms with Gasteiger partial charge in [0.15, 0.2) is 0 Å². The first-order valence-corrected chi connectivity index (χ1v) is 12.7. The first-order chi connectivity index (χ1) is 17.1. The third-order valence-electron chi connectivity index (χ3n) is 6.78. The second-order valence-corrected chi connectivity index (χ2v) is 9.25. The summed E-state index contributed by atoms with van der Waals surface area (Å²) in [5, 5.41) is 6.22. The van der Waals surface area contributed by atoms with E-state index in [-0.39, 0.29) is 23.8 Å². The highest BCUT2D eigenvalue weighted by Crippen LogP contribution is 2.29. The zero-order valence-corrected chi connectivity index (χ0v) is 20.7. The van der Waals surface area contributed by atoms with E-state index in [9.17, 15) is 9.59 Å². The van der Waals surface area contributed by atoms with Gasteiger partial charge in [-0.1, -0.05) is 67.6 Å². The van der Waals surface area contributed by atoms with E-state index in [4.69, 9.17) is 0 Å². The average Bonchev–Trinajstić information content (AvgIpc) is 2.90. The lowest BCUT2D eigenvalue weighted by Crippen LogP contribution is -2.33. The van der Waals surface area contributed by atoms with Gasteiger partial charge in [0, 0.05) is 24.5 Å². The smallest absolute Gasteiger partial charge is 0.253 e. The number of amides is 2. The van der Waals surface area contributed by atoms with Crippen molar-refractivity contribution in [3.05, 3.63) is 95.6 Å². The Balaban J connectivity index is 1.59. The maximum absolute atomic E-state index is 13.5. The molecule has 0 radical (unpaired) electrons. The van der Waals surface area contributed by atoms with Crippen LogP contribution in [0, 0.1) is 0 Å². The van der Waals surface area contributed by atoms with Crippen LogP contribution in [0.4, 0.5) is 11.4 Å². The number of rotatable bonds is 8. The molecule has 2 amide bonds. The number of piperidine rings is 1. The molecule has 1 aliphatic heterocycles. The number of nitrogens with zero attached hydrogens (tertiary/aromatic N) is 1. The Labute approximate surface area is 208 Å². The maximum atomic E-state index is 13.5. The van der Waals surface area contributed by atoms with Crippen molar-refractivity contribution >= 4 is 23.2 Å². The highest BCUT2D eigenvalue weighted by atomic mass is 16.2. The SMILES string of the molecule is CCC(C(=O)Nc1ccc(N2CCCCC2)c(C(=O)NC(C)c2ccccc2)c1)c1ccccc1. The fraction of sp³-hybridized carbons (Fsp3) is 0.333. The van der Waals surface area contributed by atoms with Gasteiger partial charge in [0.1, 0.15) is 0 Å². The normalized spacial score (nSPS) is 15.2. The fourth-order valence-corrected chi connectivity index (χ4v) is 4.79. The summed E-state index contributed by atoms with van der Waals surface area (Å²) in [6, 6.07) is 25.4. The van der Waals surface area contributed by atoms with Crippen LogP contribution in [-0.2, 0) is 4.79 Å². The number of hydrogen-bond acceptors (Lipinski definition) is 3. The molecule has 0 aromatic heterocycles. The van der Waals surface area contributed by atoms with Gasteiger partial charge < -0.3 is 15.5 Å². The van der Waals surface area contributed by atoms with E-state index in [1.807, 2.05) is 92.7 Å². The molecule has 3 aromatic carbocycles. The van der Waals surface area contributed by atoms with Crippen molar-refractivity contribution < 1.29 is 9.59 Å². The van der Waals surface area contributed by atoms with Gasteiger partial charge in [0.05, 0.1) is 17.5 Å². The van der Waals surface area contributed by atoms with Gasteiger partial charge in [-0.25, -0.2) is 0 Å². The van der Waals surface area contributed by atoms with Crippen LogP contribution < -0.4 is 15.5 Å². The zero-order chi connectivity index (χ0) is 24.6. The van der Waals surface area contributed by atoms with Gasteiger partial charge in [-0.2, -0.15) is 0 Å².